The molecule has 0 unspecified atom stereocenters. The summed E-state index contributed by atoms with van der Waals surface area (Å²) in [4.78, 5) is 6.93. The Morgan fingerprint density at radius 1 is 1.38 bits per heavy atom. The number of fused-ring (bicyclic) bond motifs is 1. The number of hydrogen-bond donors (Lipinski definition) is 1. The largest absolute Gasteiger partial charge is 0.370 e. The van der Waals surface area contributed by atoms with Gasteiger partial charge in [-0.15, -0.1) is 0 Å². The fourth-order valence-electron chi connectivity index (χ4n) is 2.74. The summed E-state index contributed by atoms with van der Waals surface area (Å²) in [6.07, 6.45) is 1.05. The van der Waals surface area contributed by atoms with Crippen LogP contribution in [0, 0.1) is 0 Å². The second-order valence-electron chi connectivity index (χ2n) is 4.80. The van der Waals surface area contributed by atoms with Crippen LogP contribution >= 0.6 is 0 Å². The normalized spacial score (nSPS) is 27.6. The van der Waals surface area contributed by atoms with Gasteiger partial charge in [-0.05, 0) is 18.6 Å². The van der Waals surface area contributed by atoms with E-state index >= 15 is 0 Å². The maximum absolute atomic E-state index is 4.59. The topological polar surface area (TPSA) is 27.6 Å². The Balaban J connectivity index is 2.02. The van der Waals surface area contributed by atoms with Gasteiger partial charge in [-0.1, -0.05) is 18.2 Å². The molecule has 0 aliphatic carbocycles. The molecule has 0 aromatic heterocycles. The number of likely N-dealkylation sites (N-methyl/N-ethyl adjacent to an activating group) is 1. The molecule has 1 aromatic carbocycles. The average molecular weight is 215 g/mol. The monoisotopic (exact) mass is 215 g/mol. The minimum atomic E-state index is 0.0141. The van der Waals surface area contributed by atoms with Crippen molar-refractivity contribution >= 4 is 11.5 Å². The Labute approximate surface area is 96.2 Å². The molecule has 0 fully saturated rings. The summed E-state index contributed by atoms with van der Waals surface area (Å²) >= 11 is 0. The third-order valence-corrected chi connectivity index (χ3v) is 3.81. The first-order valence-electron chi connectivity index (χ1n) is 5.82. The second kappa shape index (κ2) is 3.24. The molecule has 1 atom stereocenters. The SMILES string of the molecule is CN1c2ccccc2C[C@@]1(C)C1=NCCN1. The fourth-order valence-corrected chi connectivity index (χ4v) is 2.74. The molecule has 2 heterocycles. The number of nitrogens with one attached hydrogen (secondary N) is 1. The van der Waals surface area contributed by atoms with E-state index in [9.17, 15) is 0 Å². The van der Waals surface area contributed by atoms with Crippen molar-refractivity contribution in [2.24, 2.45) is 4.99 Å². The van der Waals surface area contributed by atoms with Gasteiger partial charge in [0.1, 0.15) is 5.84 Å². The molecule has 0 bridgehead atoms. The zero-order valence-corrected chi connectivity index (χ0v) is 9.83. The summed E-state index contributed by atoms with van der Waals surface area (Å²) in [6, 6.07) is 8.62. The lowest BCUT2D eigenvalue weighted by Gasteiger charge is -2.34. The van der Waals surface area contributed by atoms with E-state index in [1.165, 1.54) is 11.3 Å². The van der Waals surface area contributed by atoms with Crippen LogP contribution in [0.5, 0.6) is 0 Å². The summed E-state index contributed by atoms with van der Waals surface area (Å²) in [7, 11) is 2.16. The van der Waals surface area contributed by atoms with Crippen LogP contribution in [0.2, 0.25) is 0 Å². The summed E-state index contributed by atoms with van der Waals surface area (Å²) in [5, 5.41) is 3.41. The number of para-hydroxylation sites is 1. The molecule has 1 N–H and O–H groups in total. The number of anilines is 1. The molecule has 84 valence electrons. The van der Waals surface area contributed by atoms with Gasteiger partial charge in [-0.3, -0.25) is 4.99 Å². The van der Waals surface area contributed by atoms with E-state index in [1.54, 1.807) is 0 Å². The standard InChI is InChI=1S/C13H17N3/c1-13(12-14-7-8-15-12)9-10-5-3-4-6-11(10)16(13)2/h3-6H,7-9H2,1-2H3,(H,14,15)/t13-/m0/s1. The average Bonchev–Trinajstić information content (AvgIpc) is 2.89. The zero-order valence-electron chi connectivity index (χ0n) is 9.83. The number of amidine groups is 1. The third-order valence-electron chi connectivity index (χ3n) is 3.81. The molecule has 0 radical (unpaired) electrons. The first-order valence-corrected chi connectivity index (χ1v) is 5.82. The van der Waals surface area contributed by atoms with Gasteiger partial charge >= 0.3 is 0 Å². The molecule has 3 heteroatoms. The van der Waals surface area contributed by atoms with Gasteiger partial charge in [-0.25, -0.2) is 0 Å². The van der Waals surface area contributed by atoms with Crippen LogP contribution in [0.4, 0.5) is 5.69 Å². The maximum Gasteiger partial charge on any atom is 0.123 e. The van der Waals surface area contributed by atoms with Gasteiger partial charge in [0, 0.05) is 25.7 Å². The Morgan fingerprint density at radius 2 is 2.19 bits per heavy atom. The minimum Gasteiger partial charge on any atom is -0.370 e. The van der Waals surface area contributed by atoms with Crippen molar-refractivity contribution in [1.29, 1.82) is 0 Å². The molecule has 0 saturated carbocycles. The predicted molar refractivity (Wildman–Crippen MR) is 67.3 cm³/mol. The van der Waals surface area contributed by atoms with Crippen molar-refractivity contribution in [2.75, 3.05) is 25.0 Å². The van der Waals surface area contributed by atoms with E-state index in [2.05, 4.69) is 53.4 Å². The summed E-state index contributed by atoms with van der Waals surface area (Å²) in [6.45, 7) is 4.16. The molecule has 1 aromatic rings. The molecule has 3 nitrogen and oxygen atoms in total. The van der Waals surface area contributed by atoms with Gasteiger partial charge in [0.15, 0.2) is 0 Å². The van der Waals surface area contributed by atoms with Crippen molar-refractivity contribution in [2.45, 2.75) is 18.9 Å². The third kappa shape index (κ3) is 1.17. The number of benzene rings is 1. The number of nitrogens with zero attached hydrogens (tertiary/aromatic N) is 2. The predicted octanol–water partition coefficient (Wildman–Crippen LogP) is 1.44. The lowest BCUT2D eigenvalue weighted by atomic mass is 9.95. The minimum absolute atomic E-state index is 0.0141. The van der Waals surface area contributed by atoms with E-state index in [0.717, 1.165) is 25.3 Å². The van der Waals surface area contributed by atoms with Crippen LogP contribution in [-0.2, 0) is 6.42 Å². The van der Waals surface area contributed by atoms with E-state index in [0.29, 0.717) is 0 Å². The zero-order chi connectivity index (χ0) is 11.2. The first kappa shape index (κ1) is 9.70. The lowest BCUT2D eigenvalue weighted by molar-refractivity contribution is 0.604. The number of aliphatic imine (C=N–C) groups is 1. The van der Waals surface area contributed by atoms with Gasteiger partial charge in [0.2, 0.25) is 0 Å². The van der Waals surface area contributed by atoms with Crippen molar-refractivity contribution in [3.05, 3.63) is 29.8 Å². The van der Waals surface area contributed by atoms with Crippen LogP contribution < -0.4 is 10.2 Å². The van der Waals surface area contributed by atoms with Crippen LogP contribution in [0.3, 0.4) is 0 Å². The Kier molecular flexibility index (Phi) is 1.96. The van der Waals surface area contributed by atoms with Crippen molar-refractivity contribution in [3.63, 3.8) is 0 Å². The van der Waals surface area contributed by atoms with Crippen LogP contribution in [-0.4, -0.2) is 31.5 Å². The Morgan fingerprint density at radius 3 is 2.88 bits per heavy atom. The summed E-state index contributed by atoms with van der Waals surface area (Å²) in [5.41, 5.74) is 2.77. The van der Waals surface area contributed by atoms with Crippen molar-refractivity contribution < 1.29 is 0 Å². The second-order valence-corrected chi connectivity index (χ2v) is 4.80. The van der Waals surface area contributed by atoms with E-state index in [1.807, 2.05) is 0 Å². The maximum atomic E-state index is 4.59. The Bertz CT molecular complexity index is 452. The highest BCUT2D eigenvalue weighted by atomic mass is 15.3. The van der Waals surface area contributed by atoms with Crippen LogP contribution in [0.25, 0.3) is 0 Å². The summed E-state index contributed by atoms with van der Waals surface area (Å²) in [5.74, 6) is 1.14. The molecular formula is C13H17N3. The van der Waals surface area contributed by atoms with E-state index in [4.69, 9.17) is 0 Å². The quantitative estimate of drug-likeness (QED) is 0.767. The van der Waals surface area contributed by atoms with Crippen molar-refractivity contribution in [3.8, 4) is 0 Å². The molecule has 0 amide bonds. The highest BCUT2D eigenvalue weighted by Crippen LogP contribution is 2.38. The highest BCUT2D eigenvalue weighted by Gasteiger charge is 2.42. The van der Waals surface area contributed by atoms with Gasteiger partial charge in [0.25, 0.3) is 0 Å². The van der Waals surface area contributed by atoms with Gasteiger partial charge in [-0.2, -0.15) is 0 Å². The van der Waals surface area contributed by atoms with E-state index < -0.39 is 0 Å². The summed E-state index contributed by atoms with van der Waals surface area (Å²) < 4.78 is 0. The molecule has 16 heavy (non-hydrogen) atoms. The van der Waals surface area contributed by atoms with E-state index in [-0.39, 0.29) is 5.54 Å². The number of rotatable bonds is 1. The van der Waals surface area contributed by atoms with Crippen molar-refractivity contribution in [1.82, 2.24) is 5.32 Å². The molecule has 3 rings (SSSR count). The van der Waals surface area contributed by atoms with Crippen LogP contribution in [0.15, 0.2) is 29.3 Å². The molecule has 0 saturated heterocycles. The first-order chi connectivity index (χ1) is 7.72. The molecule has 2 aliphatic rings. The number of hydrogen-bond acceptors (Lipinski definition) is 3. The van der Waals surface area contributed by atoms with Crippen LogP contribution in [0.1, 0.15) is 12.5 Å². The van der Waals surface area contributed by atoms with Gasteiger partial charge in [0.05, 0.1) is 12.1 Å². The molecule has 2 aliphatic heterocycles. The fraction of sp³-hybridized carbons (Fsp3) is 0.462. The highest BCUT2D eigenvalue weighted by molar-refractivity contribution is 5.97. The molecular weight excluding hydrogens is 198 g/mol. The lowest BCUT2D eigenvalue weighted by Crippen LogP contribution is -2.53. The smallest absolute Gasteiger partial charge is 0.123 e. The van der Waals surface area contributed by atoms with Gasteiger partial charge < -0.3 is 10.2 Å². The molecule has 0 spiro atoms. The Hall–Kier alpha value is -1.51.